The molecule has 0 aliphatic carbocycles. The maximum absolute atomic E-state index is 12.9. The molecule has 3 aliphatic heterocycles. The highest BCUT2D eigenvalue weighted by Crippen LogP contribution is 2.23. The van der Waals surface area contributed by atoms with Crippen LogP contribution in [-0.4, -0.2) is 109 Å². The van der Waals surface area contributed by atoms with Crippen LogP contribution in [0.15, 0.2) is 6.07 Å². The van der Waals surface area contributed by atoms with Gasteiger partial charge < -0.3 is 14.4 Å². The lowest BCUT2D eigenvalue weighted by Gasteiger charge is -2.40. The molecule has 0 N–H and O–H groups in total. The first-order valence-electron chi connectivity index (χ1n) is 12.0. The molecule has 3 saturated heterocycles. The molecule has 0 atom stereocenters. The maximum atomic E-state index is 12.9. The minimum atomic E-state index is 0.121. The Hall–Kier alpha value is -1.48. The predicted octanol–water partition coefficient (Wildman–Crippen LogP) is 1.39. The lowest BCUT2D eigenvalue weighted by atomic mass is 9.94. The van der Waals surface area contributed by atoms with Gasteiger partial charge in [0.2, 0.25) is 0 Å². The minimum Gasteiger partial charge on any atom is -0.381 e. The average Bonchev–Trinajstić information content (AvgIpc) is 3.15. The van der Waals surface area contributed by atoms with E-state index in [4.69, 9.17) is 9.47 Å². The Morgan fingerprint density at radius 1 is 1.06 bits per heavy atom. The van der Waals surface area contributed by atoms with Crippen molar-refractivity contribution in [3.8, 4) is 0 Å². The summed E-state index contributed by atoms with van der Waals surface area (Å²) >= 11 is 0. The summed E-state index contributed by atoms with van der Waals surface area (Å²) in [7, 11) is 1.85. The van der Waals surface area contributed by atoms with Gasteiger partial charge in [0.05, 0.1) is 18.9 Å². The number of amides is 1. The smallest absolute Gasteiger partial charge is 0.272 e. The van der Waals surface area contributed by atoms with Crippen LogP contribution in [0.25, 0.3) is 0 Å². The van der Waals surface area contributed by atoms with E-state index in [2.05, 4.69) is 14.9 Å². The zero-order chi connectivity index (χ0) is 21.6. The predicted molar refractivity (Wildman–Crippen MR) is 119 cm³/mol. The number of aryl methyl sites for hydroxylation is 2. The number of morpholine rings is 1. The van der Waals surface area contributed by atoms with Crippen LogP contribution in [0.4, 0.5) is 0 Å². The Kier molecular flexibility index (Phi) is 7.98. The molecule has 1 amide bonds. The van der Waals surface area contributed by atoms with E-state index < -0.39 is 0 Å². The third-order valence-electron chi connectivity index (χ3n) is 7.13. The van der Waals surface area contributed by atoms with Crippen molar-refractivity contribution in [2.24, 2.45) is 13.0 Å². The van der Waals surface area contributed by atoms with Crippen LogP contribution in [0.2, 0.25) is 0 Å². The van der Waals surface area contributed by atoms with Crippen LogP contribution < -0.4 is 0 Å². The lowest BCUT2D eigenvalue weighted by Crippen LogP contribution is -2.49. The van der Waals surface area contributed by atoms with Crippen molar-refractivity contribution in [3.05, 3.63) is 17.5 Å². The van der Waals surface area contributed by atoms with Crippen molar-refractivity contribution in [1.29, 1.82) is 0 Å². The van der Waals surface area contributed by atoms with E-state index in [1.54, 1.807) is 4.68 Å². The third kappa shape index (κ3) is 6.06. The molecule has 8 nitrogen and oxygen atoms in total. The first kappa shape index (κ1) is 22.7. The number of carbonyl (C=O) groups excluding carboxylic acids is 1. The second-order valence-corrected chi connectivity index (χ2v) is 9.32. The molecule has 1 aromatic heterocycles. The molecular weight excluding hydrogens is 394 g/mol. The molecular formula is C23H39N5O3. The van der Waals surface area contributed by atoms with Gasteiger partial charge in [-0.15, -0.1) is 0 Å². The molecule has 0 radical (unpaired) electrons. The van der Waals surface area contributed by atoms with Crippen molar-refractivity contribution < 1.29 is 14.3 Å². The fourth-order valence-electron chi connectivity index (χ4n) is 5.19. The Bertz CT molecular complexity index is 704. The zero-order valence-electron chi connectivity index (χ0n) is 19.3. The molecule has 3 fully saturated rings. The molecule has 0 unspecified atom stereocenters. The molecule has 8 heteroatoms. The number of carbonyl (C=O) groups is 1. The maximum Gasteiger partial charge on any atom is 0.272 e. The first-order valence-corrected chi connectivity index (χ1v) is 12.0. The number of nitrogens with zero attached hydrogens (tertiary/aromatic N) is 5. The Morgan fingerprint density at radius 3 is 2.39 bits per heavy atom. The fraction of sp³-hybridized carbons (Fsp3) is 0.826. The number of likely N-dealkylation sites (tertiary alicyclic amines) is 1. The van der Waals surface area contributed by atoms with E-state index in [0.29, 0.717) is 17.7 Å². The molecule has 0 spiro atoms. The summed E-state index contributed by atoms with van der Waals surface area (Å²) in [6.07, 6.45) is 4.44. The Balaban J connectivity index is 1.29. The Labute approximate surface area is 186 Å². The van der Waals surface area contributed by atoms with Gasteiger partial charge in [0, 0.05) is 72.1 Å². The summed E-state index contributed by atoms with van der Waals surface area (Å²) < 4.78 is 12.8. The quantitative estimate of drug-likeness (QED) is 0.648. The topological polar surface area (TPSA) is 63.1 Å². The summed E-state index contributed by atoms with van der Waals surface area (Å²) in [5.41, 5.74) is 1.60. The molecule has 4 rings (SSSR count). The first-order chi connectivity index (χ1) is 15.1. The molecule has 0 aromatic carbocycles. The average molecular weight is 434 g/mol. The normalized spacial score (nSPS) is 22.4. The van der Waals surface area contributed by atoms with Gasteiger partial charge >= 0.3 is 0 Å². The fourth-order valence-corrected chi connectivity index (χ4v) is 5.19. The summed E-state index contributed by atoms with van der Waals surface area (Å²) in [6, 6.07) is 2.53. The van der Waals surface area contributed by atoms with Crippen LogP contribution in [0, 0.1) is 12.8 Å². The van der Waals surface area contributed by atoms with Gasteiger partial charge in [0.15, 0.2) is 0 Å². The standard InChI is InChI=1S/C23H39N5O3/c1-19-17-22(25(2)24-19)23(29)27-7-3-20(4-8-27)18-28(21-5-13-30-14-6-21)10-9-26-11-15-31-16-12-26/h17,20-21H,3-16,18H2,1-2H3. The van der Waals surface area contributed by atoms with Crippen molar-refractivity contribution in [2.75, 3.05) is 72.2 Å². The Morgan fingerprint density at radius 2 is 1.74 bits per heavy atom. The minimum absolute atomic E-state index is 0.121. The molecule has 1 aromatic rings. The lowest BCUT2D eigenvalue weighted by molar-refractivity contribution is 0.00622. The molecule has 3 aliphatic rings. The second kappa shape index (κ2) is 10.9. The van der Waals surface area contributed by atoms with Gasteiger partial charge in [-0.1, -0.05) is 0 Å². The van der Waals surface area contributed by atoms with Gasteiger partial charge in [0.25, 0.3) is 5.91 Å². The summed E-state index contributed by atoms with van der Waals surface area (Å²) in [5.74, 6) is 0.778. The van der Waals surface area contributed by atoms with Crippen LogP contribution in [0.5, 0.6) is 0 Å². The van der Waals surface area contributed by atoms with Crippen LogP contribution in [-0.2, 0) is 16.5 Å². The van der Waals surface area contributed by atoms with E-state index in [0.717, 1.165) is 104 Å². The van der Waals surface area contributed by atoms with Gasteiger partial charge in [-0.2, -0.15) is 5.10 Å². The number of piperidine rings is 1. The SMILES string of the molecule is Cc1cc(C(=O)N2CCC(CN(CCN3CCOCC3)C3CCOCC3)CC2)n(C)n1. The molecule has 174 valence electrons. The van der Waals surface area contributed by atoms with Crippen molar-refractivity contribution >= 4 is 5.91 Å². The van der Waals surface area contributed by atoms with Gasteiger partial charge in [0.1, 0.15) is 5.69 Å². The van der Waals surface area contributed by atoms with E-state index in [1.807, 2.05) is 24.9 Å². The third-order valence-corrected chi connectivity index (χ3v) is 7.13. The molecule has 0 saturated carbocycles. The summed E-state index contributed by atoms with van der Waals surface area (Å²) in [6.45, 7) is 12.6. The number of ether oxygens (including phenoxy) is 2. The number of rotatable bonds is 7. The van der Waals surface area contributed by atoms with Crippen molar-refractivity contribution in [1.82, 2.24) is 24.5 Å². The molecule has 31 heavy (non-hydrogen) atoms. The van der Waals surface area contributed by atoms with Gasteiger partial charge in [-0.3, -0.25) is 19.3 Å². The van der Waals surface area contributed by atoms with E-state index in [9.17, 15) is 4.79 Å². The molecule has 4 heterocycles. The second-order valence-electron chi connectivity index (χ2n) is 9.32. The largest absolute Gasteiger partial charge is 0.381 e. The van der Waals surface area contributed by atoms with Crippen molar-refractivity contribution in [3.63, 3.8) is 0 Å². The highest BCUT2D eigenvalue weighted by molar-refractivity contribution is 5.92. The summed E-state index contributed by atoms with van der Waals surface area (Å²) in [5, 5.41) is 4.33. The van der Waals surface area contributed by atoms with Crippen LogP contribution >= 0.6 is 0 Å². The van der Waals surface area contributed by atoms with Crippen LogP contribution in [0.3, 0.4) is 0 Å². The summed E-state index contributed by atoms with van der Waals surface area (Å²) in [4.78, 5) is 20.2. The molecule has 0 bridgehead atoms. The highest BCUT2D eigenvalue weighted by atomic mass is 16.5. The van der Waals surface area contributed by atoms with Gasteiger partial charge in [-0.05, 0) is 44.6 Å². The van der Waals surface area contributed by atoms with Crippen LogP contribution in [0.1, 0.15) is 41.9 Å². The number of hydrogen-bond acceptors (Lipinski definition) is 6. The van der Waals surface area contributed by atoms with E-state index in [1.165, 1.54) is 0 Å². The van der Waals surface area contributed by atoms with E-state index >= 15 is 0 Å². The number of hydrogen-bond donors (Lipinski definition) is 0. The number of aromatic nitrogens is 2. The van der Waals surface area contributed by atoms with Crippen molar-refractivity contribution in [2.45, 2.75) is 38.6 Å². The highest BCUT2D eigenvalue weighted by Gasteiger charge is 2.29. The van der Waals surface area contributed by atoms with Gasteiger partial charge in [-0.25, -0.2) is 0 Å². The zero-order valence-corrected chi connectivity index (χ0v) is 19.3. The van der Waals surface area contributed by atoms with E-state index in [-0.39, 0.29) is 5.91 Å². The monoisotopic (exact) mass is 433 g/mol.